The molecule has 0 aromatic heterocycles. The van der Waals surface area contributed by atoms with Crippen molar-refractivity contribution in [2.24, 2.45) is 0 Å². The van der Waals surface area contributed by atoms with Crippen molar-refractivity contribution in [2.45, 2.75) is 0 Å². The van der Waals surface area contributed by atoms with Crippen LogP contribution in [0.3, 0.4) is 0 Å². The largest absolute Gasteiger partial charge is 0.328 e. The zero-order valence-corrected chi connectivity index (χ0v) is 6.42. The second kappa shape index (κ2) is 6.52. The molecule has 0 aromatic carbocycles. The summed E-state index contributed by atoms with van der Waals surface area (Å²) in [7, 11) is -3.67. The summed E-state index contributed by atoms with van der Waals surface area (Å²) in [6, 6.07) is 0. The molecule has 0 bridgehead atoms. The predicted octanol–water partition coefficient (Wildman–Crippen LogP) is -0.422. The van der Waals surface area contributed by atoms with Crippen LogP contribution in [0.4, 0.5) is 0 Å². The molecule has 0 fully saturated rings. The fourth-order valence-electron chi connectivity index (χ4n) is 0. The minimum absolute atomic E-state index is 0. The first-order valence-corrected chi connectivity index (χ1v) is 3.34. The number of nitrogens with zero attached hydrogens (tertiary/aromatic N) is 1. The van der Waals surface area contributed by atoms with Gasteiger partial charge in [0.1, 0.15) is 0 Å². The third-order valence-electron chi connectivity index (χ3n) is 0. The van der Waals surface area contributed by atoms with Gasteiger partial charge in [-0.1, -0.05) is 0 Å². The first-order chi connectivity index (χ1) is 3.73. The van der Waals surface area contributed by atoms with Gasteiger partial charge in [-0.25, -0.2) is 0 Å². The molecule has 0 spiro atoms. The molecular formula is CH6ClNO6S. The molecule has 0 amide bonds. The van der Waals surface area contributed by atoms with Gasteiger partial charge in [0.25, 0.3) is 15.2 Å². The summed E-state index contributed by atoms with van der Waals surface area (Å²) in [6.45, 7) is 0. The molecule has 0 aromatic rings. The summed E-state index contributed by atoms with van der Waals surface area (Å²) in [6.07, 6.45) is 0.715. The third-order valence-corrected chi connectivity index (χ3v) is 0. The Hall–Kier alpha value is -0.600. The van der Waals surface area contributed by atoms with Crippen LogP contribution in [0.15, 0.2) is 0 Å². The van der Waals surface area contributed by atoms with E-state index in [0.29, 0.717) is 6.26 Å². The van der Waals surface area contributed by atoms with Gasteiger partial charge in [-0.15, -0.1) is 22.5 Å². The Balaban J connectivity index is -0.0000000910. The Labute approximate surface area is 62.9 Å². The standard InChI is InChI=1S/CH4O3S.ClH.HNO3/c1-5(2,3)4;;2-1(3)4/h1H3,(H,2,3,4);1H;(H,2,3,4). The van der Waals surface area contributed by atoms with Crippen molar-refractivity contribution in [3.63, 3.8) is 0 Å². The molecule has 0 saturated heterocycles. The van der Waals surface area contributed by atoms with Gasteiger partial charge in [0.05, 0.1) is 6.26 Å². The van der Waals surface area contributed by atoms with Crippen molar-refractivity contribution in [1.82, 2.24) is 0 Å². The molecule has 0 aliphatic rings. The van der Waals surface area contributed by atoms with E-state index in [9.17, 15) is 8.42 Å². The zero-order chi connectivity index (χ0) is 8.08. The van der Waals surface area contributed by atoms with Crippen molar-refractivity contribution in [3.8, 4) is 0 Å². The van der Waals surface area contributed by atoms with Crippen molar-refractivity contribution in [3.05, 3.63) is 10.1 Å². The van der Waals surface area contributed by atoms with Crippen molar-refractivity contribution in [1.29, 1.82) is 0 Å². The van der Waals surface area contributed by atoms with Gasteiger partial charge in [-0.2, -0.15) is 8.42 Å². The molecular weight excluding hydrogens is 190 g/mol. The van der Waals surface area contributed by atoms with Crippen LogP contribution >= 0.6 is 12.4 Å². The summed E-state index contributed by atoms with van der Waals surface area (Å²) in [5.41, 5.74) is 0. The Kier molecular flexibility index (Phi) is 10.6. The number of halogens is 1. The van der Waals surface area contributed by atoms with E-state index in [4.69, 9.17) is 19.9 Å². The number of hydrogen-bond donors (Lipinski definition) is 2. The van der Waals surface area contributed by atoms with E-state index in [-0.39, 0.29) is 12.4 Å². The molecule has 2 N–H and O–H groups in total. The Morgan fingerprint density at radius 1 is 1.50 bits per heavy atom. The van der Waals surface area contributed by atoms with E-state index in [2.05, 4.69) is 0 Å². The van der Waals surface area contributed by atoms with Gasteiger partial charge in [0.2, 0.25) is 0 Å². The maximum absolute atomic E-state index is 9.19. The van der Waals surface area contributed by atoms with Crippen molar-refractivity contribution >= 4 is 22.5 Å². The van der Waals surface area contributed by atoms with E-state index >= 15 is 0 Å². The second-order valence-electron chi connectivity index (χ2n) is 0.971. The molecule has 0 aliphatic heterocycles. The predicted molar refractivity (Wildman–Crippen MR) is 33.5 cm³/mol. The molecule has 0 heterocycles. The number of hydrogen-bond acceptors (Lipinski definition) is 4. The van der Waals surface area contributed by atoms with E-state index in [1.807, 2.05) is 0 Å². The number of rotatable bonds is 0. The minimum Gasteiger partial charge on any atom is -0.328 e. The zero-order valence-electron chi connectivity index (χ0n) is 4.79. The minimum atomic E-state index is -3.67. The Morgan fingerprint density at radius 2 is 1.50 bits per heavy atom. The molecule has 10 heavy (non-hydrogen) atoms. The molecule has 0 unspecified atom stereocenters. The van der Waals surface area contributed by atoms with Crippen molar-refractivity contribution in [2.75, 3.05) is 6.26 Å². The lowest BCUT2D eigenvalue weighted by molar-refractivity contribution is -0.742. The topological polar surface area (TPSA) is 118 Å². The van der Waals surface area contributed by atoms with E-state index in [1.165, 1.54) is 0 Å². The third kappa shape index (κ3) is 842. The van der Waals surface area contributed by atoms with Gasteiger partial charge in [0.15, 0.2) is 0 Å². The summed E-state index contributed by atoms with van der Waals surface area (Å²) >= 11 is 0. The Bertz CT molecular complexity index is 160. The molecule has 64 valence electrons. The highest BCUT2D eigenvalue weighted by Gasteiger charge is 1.81. The monoisotopic (exact) mass is 195 g/mol. The highest BCUT2D eigenvalue weighted by molar-refractivity contribution is 7.85. The van der Waals surface area contributed by atoms with E-state index < -0.39 is 15.2 Å². The maximum atomic E-state index is 9.19. The summed E-state index contributed by atoms with van der Waals surface area (Å²) in [5.74, 6) is 0. The highest BCUT2D eigenvalue weighted by Crippen LogP contribution is 1.60. The van der Waals surface area contributed by atoms with Crippen molar-refractivity contribution < 1.29 is 23.3 Å². The first kappa shape index (κ1) is 16.2. The Morgan fingerprint density at radius 3 is 1.50 bits per heavy atom. The van der Waals surface area contributed by atoms with Crippen LogP contribution in [0.25, 0.3) is 0 Å². The maximum Gasteiger partial charge on any atom is 0.291 e. The van der Waals surface area contributed by atoms with Crippen LogP contribution in [0.5, 0.6) is 0 Å². The SMILES string of the molecule is CS(=O)(=O)O.Cl.O=[N+]([O-])O. The van der Waals surface area contributed by atoms with Crippen LogP contribution in [-0.2, 0) is 10.1 Å². The molecule has 9 heteroatoms. The normalized spacial score (nSPS) is 8.20. The first-order valence-electron chi connectivity index (χ1n) is 1.49. The molecule has 0 saturated carbocycles. The van der Waals surface area contributed by atoms with E-state index in [0.717, 1.165) is 0 Å². The van der Waals surface area contributed by atoms with Gasteiger partial charge in [-0.05, 0) is 0 Å². The van der Waals surface area contributed by atoms with Gasteiger partial charge in [-0.3, -0.25) is 4.55 Å². The lowest BCUT2D eigenvalue weighted by atomic mass is 12.0. The van der Waals surface area contributed by atoms with Gasteiger partial charge in [0, 0.05) is 0 Å². The second-order valence-corrected chi connectivity index (χ2v) is 2.44. The van der Waals surface area contributed by atoms with Crippen LogP contribution in [0.2, 0.25) is 0 Å². The fourth-order valence-corrected chi connectivity index (χ4v) is 0. The van der Waals surface area contributed by atoms with Crippen LogP contribution in [0, 0.1) is 10.1 Å². The lowest BCUT2D eigenvalue weighted by Crippen LogP contribution is -1.88. The quantitative estimate of drug-likeness (QED) is 0.308. The van der Waals surface area contributed by atoms with Gasteiger partial charge >= 0.3 is 0 Å². The molecule has 7 nitrogen and oxygen atoms in total. The molecule has 0 rings (SSSR count). The molecule has 0 radical (unpaired) electrons. The summed E-state index contributed by atoms with van der Waals surface area (Å²) < 4.78 is 25.9. The van der Waals surface area contributed by atoms with E-state index in [1.54, 1.807) is 0 Å². The van der Waals surface area contributed by atoms with Crippen LogP contribution < -0.4 is 0 Å². The summed E-state index contributed by atoms with van der Waals surface area (Å²) in [5, 5.41) is 13.6. The fraction of sp³-hybridized carbons (Fsp3) is 1.00. The average molecular weight is 196 g/mol. The van der Waals surface area contributed by atoms with Crippen LogP contribution in [0.1, 0.15) is 0 Å². The smallest absolute Gasteiger partial charge is 0.291 e. The average Bonchev–Trinajstić information content (AvgIpc) is 1.19. The lowest BCUT2D eigenvalue weighted by Gasteiger charge is -1.69. The molecule has 0 aliphatic carbocycles. The van der Waals surface area contributed by atoms with Gasteiger partial charge < -0.3 is 5.21 Å². The summed E-state index contributed by atoms with van der Waals surface area (Å²) in [4.78, 5) is 8.36. The molecule has 0 atom stereocenters. The van der Waals surface area contributed by atoms with Crippen LogP contribution in [-0.4, -0.2) is 29.5 Å². The highest BCUT2D eigenvalue weighted by atomic mass is 35.5.